The fraction of sp³-hybridized carbons (Fsp3) is 0.231. The van der Waals surface area contributed by atoms with Crippen LogP contribution in [0.4, 0.5) is 15.8 Å². The first kappa shape index (κ1) is 21.4. The average Bonchev–Trinajstić information content (AvgIpc) is 3.30. The Labute approximate surface area is 195 Å². The van der Waals surface area contributed by atoms with Gasteiger partial charge >= 0.3 is 0 Å². The smallest absolute Gasteiger partial charge is 0.239 e. The number of rotatable bonds is 5. The number of nitrogens with zero attached hydrogens (tertiary/aromatic N) is 1. The number of carbonyl (C=O) groups excluding carboxylic acids is 2. The predicted octanol–water partition coefficient (Wildman–Crippen LogP) is 5.18. The second-order valence-corrected chi connectivity index (χ2v) is 9.24. The molecule has 0 radical (unpaired) electrons. The van der Waals surface area contributed by atoms with Crippen LogP contribution in [0.3, 0.4) is 0 Å². The summed E-state index contributed by atoms with van der Waals surface area (Å²) in [6, 6.07) is 17.6. The van der Waals surface area contributed by atoms with Gasteiger partial charge in [0.15, 0.2) is 5.78 Å². The van der Waals surface area contributed by atoms with E-state index < -0.39 is 0 Å². The average molecular weight is 462 g/mol. The van der Waals surface area contributed by atoms with Gasteiger partial charge in [0.1, 0.15) is 5.82 Å². The Morgan fingerprint density at radius 3 is 2.70 bits per heavy atom. The summed E-state index contributed by atoms with van der Waals surface area (Å²) in [6.45, 7) is 0.399. The number of halogens is 1. The number of allylic oxidation sites excluding steroid dienone is 1. The third-order valence-electron chi connectivity index (χ3n) is 6.07. The van der Waals surface area contributed by atoms with Crippen LogP contribution in [-0.2, 0) is 16.1 Å². The van der Waals surface area contributed by atoms with E-state index in [1.165, 1.54) is 12.1 Å². The maximum atomic E-state index is 13.2. The number of hydrogen-bond acceptors (Lipinski definition) is 5. The number of para-hydroxylation sites is 2. The SMILES string of the molecule is O=C(CN1c2ccccc2NC2=C(C(=O)CCC2)[C@H]1c1cccs1)NCc1ccc(F)cc1. The summed E-state index contributed by atoms with van der Waals surface area (Å²) in [6.07, 6.45) is 2.15. The van der Waals surface area contributed by atoms with Crippen molar-refractivity contribution in [3.8, 4) is 0 Å². The molecule has 2 heterocycles. The first-order valence-electron chi connectivity index (χ1n) is 11.0. The molecule has 2 aliphatic rings. The molecule has 0 spiro atoms. The number of benzene rings is 2. The number of anilines is 2. The number of amides is 1. The van der Waals surface area contributed by atoms with Crippen LogP contribution >= 0.6 is 11.3 Å². The van der Waals surface area contributed by atoms with Crippen molar-refractivity contribution in [1.82, 2.24) is 5.32 Å². The molecular weight excluding hydrogens is 437 g/mol. The summed E-state index contributed by atoms with van der Waals surface area (Å²) < 4.78 is 13.2. The van der Waals surface area contributed by atoms with Crippen LogP contribution in [0.5, 0.6) is 0 Å². The highest BCUT2D eigenvalue weighted by Gasteiger charge is 2.37. The van der Waals surface area contributed by atoms with Crippen molar-refractivity contribution >= 4 is 34.4 Å². The molecular formula is C26H24FN3O2S. The maximum Gasteiger partial charge on any atom is 0.239 e. The number of hydrogen-bond donors (Lipinski definition) is 2. The molecule has 1 aromatic heterocycles. The monoisotopic (exact) mass is 461 g/mol. The molecule has 33 heavy (non-hydrogen) atoms. The first-order valence-corrected chi connectivity index (χ1v) is 11.9. The van der Waals surface area contributed by atoms with E-state index in [9.17, 15) is 14.0 Å². The van der Waals surface area contributed by atoms with Crippen molar-refractivity contribution in [2.24, 2.45) is 0 Å². The fourth-order valence-corrected chi connectivity index (χ4v) is 5.38. The van der Waals surface area contributed by atoms with E-state index in [0.717, 1.165) is 45.9 Å². The molecule has 0 saturated heterocycles. The van der Waals surface area contributed by atoms with Crippen LogP contribution in [0.1, 0.15) is 35.7 Å². The van der Waals surface area contributed by atoms with Crippen molar-refractivity contribution in [1.29, 1.82) is 0 Å². The number of thiophene rings is 1. The van der Waals surface area contributed by atoms with Gasteiger partial charge in [0.05, 0.1) is 24.0 Å². The fourth-order valence-electron chi connectivity index (χ4n) is 4.53. The molecule has 168 valence electrons. The van der Waals surface area contributed by atoms with E-state index in [0.29, 0.717) is 13.0 Å². The van der Waals surface area contributed by atoms with E-state index in [2.05, 4.69) is 10.6 Å². The lowest BCUT2D eigenvalue weighted by atomic mass is 9.88. The molecule has 1 amide bonds. The predicted molar refractivity (Wildman–Crippen MR) is 129 cm³/mol. The van der Waals surface area contributed by atoms with Crippen LogP contribution in [0, 0.1) is 5.82 Å². The minimum Gasteiger partial charge on any atom is -0.357 e. The van der Waals surface area contributed by atoms with Gasteiger partial charge in [-0.2, -0.15) is 0 Å². The van der Waals surface area contributed by atoms with E-state index in [4.69, 9.17) is 0 Å². The van der Waals surface area contributed by atoms with Crippen molar-refractivity contribution < 1.29 is 14.0 Å². The third-order valence-corrected chi connectivity index (χ3v) is 6.99. The quantitative estimate of drug-likeness (QED) is 0.549. The Balaban J connectivity index is 1.50. The van der Waals surface area contributed by atoms with Gasteiger partial charge in [0.25, 0.3) is 0 Å². The Morgan fingerprint density at radius 2 is 1.91 bits per heavy atom. The van der Waals surface area contributed by atoms with Crippen LogP contribution in [0.25, 0.3) is 0 Å². The zero-order valence-corrected chi connectivity index (χ0v) is 18.8. The molecule has 1 aliphatic carbocycles. The van der Waals surface area contributed by atoms with Gasteiger partial charge in [-0.3, -0.25) is 9.59 Å². The molecule has 0 saturated carbocycles. The van der Waals surface area contributed by atoms with Crippen molar-refractivity contribution in [2.45, 2.75) is 31.8 Å². The summed E-state index contributed by atoms with van der Waals surface area (Å²) in [5.41, 5.74) is 4.31. The topological polar surface area (TPSA) is 61.4 Å². The Kier molecular flexibility index (Phi) is 5.96. The lowest BCUT2D eigenvalue weighted by molar-refractivity contribution is -0.120. The summed E-state index contributed by atoms with van der Waals surface area (Å²) in [5.74, 6) is -0.339. The van der Waals surface area contributed by atoms with Gasteiger partial charge in [0.2, 0.25) is 5.91 Å². The standard InChI is InChI=1S/C26H24FN3O2S/c27-18-12-10-17(11-13-18)15-28-24(32)16-30-21-7-2-1-5-19(21)29-20-6-3-8-22(31)25(20)26(30)23-9-4-14-33-23/h1-2,4-5,7,9-14,26,29H,3,6,8,15-16H2,(H,28,32)/t26-/m1/s1. The van der Waals surface area contributed by atoms with Gasteiger partial charge < -0.3 is 15.5 Å². The zero-order valence-electron chi connectivity index (χ0n) is 18.0. The third kappa shape index (κ3) is 4.41. The van der Waals surface area contributed by atoms with Crippen LogP contribution in [0.15, 0.2) is 77.3 Å². The minimum absolute atomic E-state index is 0.0898. The van der Waals surface area contributed by atoms with Gasteiger partial charge in [-0.15, -0.1) is 11.3 Å². The molecule has 5 rings (SSSR count). The molecule has 3 aromatic rings. The second-order valence-electron chi connectivity index (χ2n) is 8.26. The summed E-state index contributed by atoms with van der Waals surface area (Å²) in [7, 11) is 0. The highest BCUT2D eigenvalue weighted by atomic mass is 32.1. The Morgan fingerprint density at radius 1 is 1.09 bits per heavy atom. The van der Waals surface area contributed by atoms with E-state index >= 15 is 0 Å². The zero-order chi connectivity index (χ0) is 22.8. The number of nitrogens with one attached hydrogen (secondary N) is 2. The Bertz CT molecular complexity index is 1200. The summed E-state index contributed by atoms with van der Waals surface area (Å²) in [4.78, 5) is 29.3. The second kappa shape index (κ2) is 9.19. The molecule has 0 fully saturated rings. The van der Waals surface area contributed by atoms with Crippen LogP contribution in [-0.4, -0.2) is 18.2 Å². The van der Waals surface area contributed by atoms with E-state index in [-0.39, 0.29) is 30.1 Å². The molecule has 1 aliphatic heterocycles. The highest BCUT2D eigenvalue weighted by Crippen LogP contribution is 2.45. The molecule has 2 aromatic carbocycles. The highest BCUT2D eigenvalue weighted by molar-refractivity contribution is 7.10. The van der Waals surface area contributed by atoms with Gasteiger partial charge in [-0.25, -0.2) is 4.39 Å². The first-order chi connectivity index (χ1) is 16.1. The number of fused-ring (bicyclic) bond motifs is 1. The van der Waals surface area contributed by atoms with Gasteiger partial charge in [-0.05, 0) is 54.1 Å². The molecule has 0 bridgehead atoms. The summed E-state index contributed by atoms with van der Waals surface area (Å²) >= 11 is 1.59. The Hall–Kier alpha value is -3.45. The minimum atomic E-state index is -0.333. The molecule has 1 atom stereocenters. The number of carbonyl (C=O) groups is 2. The molecule has 0 unspecified atom stereocenters. The molecule has 7 heteroatoms. The van der Waals surface area contributed by atoms with Gasteiger partial charge in [0, 0.05) is 29.1 Å². The van der Waals surface area contributed by atoms with Crippen LogP contribution < -0.4 is 15.5 Å². The molecule has 2 N–H and O–H groups in total. The van der Waals surface area contributed by atoms with Crippen molar-refractivity contribution in [2.75, 3.05) is 16.8 Å². The van der Waals surface area contributed by atoms with Crippen molar-refractivity contribution in [3.63, 3.8) is 0 Å². The largest absolute Gasteiger partial charge is 0.357 e. The van der Waals surface area contributed by atoms with Crippen molar-refractivity contribution in [3.05, 3.63) is 93.6 Å². The lowest BCUT2D eigenvalue weighted by Crippen LogP contribution is -2.40. The number of ketones is 1. The normalized spacial score (nSPS) is 17.7. The van der Waals surface area contributed by atoms with E-state index in [1.54, 1.807) is 23.5 Å². The number of Topliss-reactive ketones (excluding diaryl/α,β-unsaturated/α-hetero) is 1. The maximum absolute atomic E-state index is 13.2. The lowest BCUT2D eigenvalue weighted by Gasteiger charge is -2.34. The van der Waals surface area contributed by atoms with Gasteiger partial charge in [-0.1, -0.05) is 30.3 Å². The molecule has 5 nitrogen and oxygen atoms in total. The van der Waals surface area contributed by atoms with Crippen LogP contribution in [0.2, 0.25) is 0 Å². The summed E-state index contributed by atoms with van der Waals surface area (Å²) in [5, 5.41) is 8.45. The van der Waals surface area contributed by atoms with E-state index in [1.807, 2.05) is 46.7 Å².